The second-order valence-corrected chi connectivity index (χ2v) is 5.95. The van der Waals surface area contributed by atoms with E-state index in [9.17, 15) is 0 Å². The zero-order valence-corrected chi connectivity index (χ0v) is 17.3. The Morgan fingerprint density at radius 2 is 1.07 bits per heavy atom. The molecule has 0 spiro atoms. The fourth-order valence-corrected chi connectivity index (χ4v) is 2.34. The van der Waals surface area contributed by atoms with E-state index in [2.05, 4.69) is 0 Å². The monoisotopic (exact) mass is 400 g/mol. The molecule has 0 saturated heterocycles. The highest BCUT2D eigenvalue weighted by molar-refractivity contribution is 6.17. The fraction of sp³-hybridized carbons (Fsp3) is 0.250. The molecule has 0 aliphatic heterocycles. The number of hydrogen-bond acceptors (Lipinski definition) is 3. The van der Waals surface area contributed by atoms with Gasteiger partial charge in [0.15, 0.2) is 0 Å². The fourth-order valence-electron chi connectivity index (χ4n) is 2.16. The van der Waals surface area contributed by atoms with Crippen LogP contribution < -0.4 is 4.74 Å². The smallest absolute Gasteiger partial charge is 0.119 e. The van der Waals surface area contributed by atoms with Gasteiger partial charge in [-0.2, -0.15) is 0 Å². The van der Waals surface area contributed by atoms with Crippen molar-refractivity contribution in [2.24, 2.45) is 0 Å². The molecule has 0 radical (unpaired) electrons. The van der Waals surface area contributed by atoms with Crippen molar-refractivity contribution in [3.05, 3.63) is 101 Å². The minimum Gasteiger partial charge on any atom is -0.489 e. The Hall–Kier alpha value is -2.33. The summed E-state index contributed by atoms with van der Waals surface area (Å²) in [5, 5.41) is 17.6. The molecule has 3 aromatic rings. The van der Waals surface area contributed by atoms with Crippen molar-refractivity contribution in [3.8, 4) is 5.75 Å². The first-order chi connectivity index (χ1) is 13.7. The zero-order valence-electron chi connectivity index (χ0n) is 16.5. The SMILES string of the molecule is CC.OCc1ccc(CCl)cc1.OCc1ccc(COc2ccccc2)cc1. The van der Waals surface area contributed by atoms with Gasteiger partial charge in [-0.05, 0) is 34.4 Å². The van der Waals surface area contributed by atoms with Crippen molar-refractivity contribution in [3.63, 3.8) is 0 Å². The van der Waals surface area contributed by atoms with E-state index in [4.69, 9.17) is 26.6 Å². The second kappa shape index (κ2) is 14.7. The van der Waals surface area contributed by atoms with E-state index in [0.29, 0.717) is 12.5 Å². The van der Waals surface area contributed by atoms with Crippen LogP contribution in [0.25, 0.3) is 0 Å². The van der Waals surface area contributed by atoms with Crippen LogP contribution in [0, 0.1) is 0 Å². The molecule has 28 heavy (non-hydrogen) atoms. The summed E-state index contributed by atoms with van der Waals surface area (Å²) in [6.07, 6.45) is 0. The average Bonchev–Trinajstić information content (AvgIpc) is 2.80. The lowest BCUT2D eigenvalue weighted by atomic mass is 10.1. The molecule has 4 heteroatoms. The topological polar surface area (TPSA) is 49.7 Å². The number of aliphatic hydroxyl groups excluding tert-OH is 2. The van der Waals surface area contributed by atoms with Crippen molar-refractivity contribution in [1.82, 2.24) is 0 Å². The first-order valence-corrected chi connectivity index (χ1v) is 9.89. The van der Waals surface area contributed by atoms with Crippen molar-refractivity contribution in [2.75, 3.05) is 0 Å². The number of aliphatic hydroxyl groups is 2. The Kier molecular flexibility index (Phi) is 12.4. The van der Waals surface area contributed by atoms with Gasteiger partial charge >= 0.3 is 0 Å². The van der Waals surface area contributed by atoms with Crippen LogP contribution in [0.5, 0.6) is 5.75 Å². The number of hydrogen-bond donors (Lipinski definition) is 2. The predicted octanol–water partition coefficient (Wildman–Crippen LogP) is 5.70. The minimum atomic E-state index is 0.0832. The lowest BCUT2D eigenvalue weighted by molar-refractivity contribution is 0.281. The first kappa shape index (κ1) is 23.7. The maximum Gasteiger partial charge on any atom is 0.119 e. The van der Waals surface area contributed by atoms with Crippen LogP contribution >= 0.6 is 11.6 Å². The molecule has 0 unspecified atom stereocenters. The molecular weight excluding hydrogens is 372 g/mol. The molecule has 0 aromatic heterocycles. The van der Waals surface area contributed by atoms with Crippen LogP contribution in [0.15, 0.2) is 78.9 Å². The number of alkyl halides is 1. The molecule has 3 rings (SSSR count). The Bertz CT molecular complexity index is 718. The van der Waals surface area contributed by atoms with Gasteiger partial charge < -0.3 is 14.9 Å². The highest BCUT2D eigenvalue weighted by Crippen LogP contribution is 2.12. The van der Waals surface area contributed by atoms with Crippen LogP contribution in [0.3, 0.4) is 0 Å². The van der Waals surface area contributed by atoms with E-state index in [0.717, 1.165) is 28.0 Å². The Labute approximate surface area is 173 Å². The summed E-state index contributed by atoms with van der Waals surface area (Å²) in [6.45, 7) is 4.73. The summed E-state index contributed by atoms with van der Waals surface area (Å²) in [6, 6.07) is 25.0. The number of halogens is 1. The van der Waals surface area contributed by atoms with Gasteiger partial charge in [0.05, 0.1) is 13.2 Å². The van der Waals surface area contributed by atoms with E-state index in [1.165, 1.54) is 0 Å². The van der Waals surface area contributed by atoms with Gasteiger partial charge in [-0.1, -0.05) is 80.6 Å². The number of rotatable bonds is 6. The molecule has 0 aliphatic rings. The third kappa shape index (κ3) is 9.05. The third-order valence-electron chi connectivity index (χ3n) is 3.71. The molecule has 0 heterocycles. The van der Waals surface area contributed by atoms with Crippen molar-refractivity contribution in [2.45, 2.75) is 39.5 Å². The van der Waals surface area contributed by atoms with E-state index in [1.54, 1.807) is 0 Å². The molecule has 0 saturated carbocycles. The average molecular weight is 401 g/mol. The lowest BCUT2D eigenvalue weighted by Crippen LogP contribution is -1.95. The molecule has 0 bridgehead atoms. The summed E-state index contributed by atoms with van der Waals surface area (Å²) in [5.74, 6) is 1.40. The van der Waals surface area contributed by atoms with Crippen LogP contribution in [0.1, 0.15) is 36.1 Å². The Morgan fingerprint density at radius 1 is 0.643 bits per heavy atom. The highest BCUT2D eigenvalue weighted by atomic mass is 35.5. The molecule has 3 aromatic carbocycles. The summed E-state index contributed by atoms with van der Waals surface area (Å²) in [7, 11) is 0. The van der Waals surface area contributed by atoms with Gasteiger partial charge in [0.2, 0.25) is 0 Å². The molecule has 0 amide bonds. The Morgan fingerprint density at radius 3 is 1.50 bits per heavy atom. The van der Waals surface area contributed by atoms with E-state index >= 15 is 0 Å². The molecule has 0 atom stereocenters. The first-order valence-electron chi connectivity index (χ1n) is 9.36. The van der Waals surface area contributed by atoms with Gasteiger partial charge in [0.25, 0.3) is 0 Å². The molecule has 0 fully saturated rings. The number of benzene rings is 3. The predicted molar refractivity (Wildman–Crippen MR) is 116 cm³/mol. The number of para-hydroxylation sites is 1. The molecule has 150 valence electrons. The largest absolute Gasteiger partial charge is 0.489 e. The highest BCUT2D eigenvalue weighted by Gasteiger charge is 1.95. The van der Waals surface area contributed by atoms with Crippen LogP contribution in [-0.2, 0) is 25.7 Å². The van der Waals surface area contributed by atoms with Crippen molar-refractivity contribution < 1.29 is 14.9 Å². The summed E-state index contributed by atoms with van der Waals surface area (Å²) < 4.78 is 5.60. The van der Waals surface area contributed by atoms with Gasteiger partial charge in [0.1, 0.15) is 12.4 Å². The molecule has 3 nitrogen and oxygen atoms in total. The zero-order chi connectivity index (χ0) is 20.6. The van der Waals surface area contributed by atoms with Gasteiger partial charge in [-0.25, -0.2) is 0 Å². The molecule has 0 aliphatic carbocycles. The maximum absolute atomic E-state index is 8.91. The minimum absolute atomic E-state index is 0.0832. The van der Waals surface area contributed by atoms with Crippen molar-refractivity contribution in [1.29, 1.82) is 0 Å². The Balaban J connectivity index is 0.000000281. The van der Waals surface area contributed by atoms with Crippen LogP contribution in [0.4, 0.5) is 0 Å². The normalized spacial score (nSPS) is 9.46. The van der Waals surface area contributed by atoms with Gasteiger partial charge in [-0.3, -0.25) is 0 Å². The molecule has 2 N–H and O–H groups in total. The summed E-state index contributed by atoms with van der Waals surface area (Å²) in [4.78, 5) is 0. The maximum atomic E-state index is 8.91. The van der Waals surface area contributed by atoms with Gasteiger partial charge in [-0.15, -0.1) is 11.6 Å². The quantitative estimate of drug-likeness (QED) is 0.521. The molecular formula is C24H29ClO3. The van der Waals surface area contributed by atoms with Crippen LogP contribution in [-0.4, -0.2) is 10.2 Å². The van der Waals surface area contributed by atoms with E-state index in [-0.39, 0.29) is 13.2 Å². The number of ether oxygens (including phenoxy) is 1. The van der Waals surface area contributed by atoms with Crippen LogP contribution in [0.2, 0.25) is 0 Å². The summed E-state index contributed by atoms with van der Waals surface area (Å²) >= 11 is 5.56. The van der Waals surface area contributed by atoms with E-state index < -0.39 is 0 Å². The standard InChI is InChI=1S/C14H14O2.C8H9ClO.C2H6/c15-10-12-6-8-13(9-7-12)11-16-14-4-2-1-3-5-14;9-5-7-1-3-8(6-10)4-2-7;1-2/h1-9,15H,10-11H2;1-4,10H,5-6H2;1-2H3. The third-order valence-corrected chi connectivity index (χ3v) is 4.02. The van der Waals surface area contributed by atoms with E-state index in [1.807, 2.05) is 92.7 Å². The second-order valence-electron chi connectivity index (χ2n) is 5.68. The summed E-state index contributed by atoms with van der Waals surface area (Å²) in [5.41, 5.74) is 4.03. The van der Waals surface area contributed by atoms with Gasteiger partial charge in [0, 0.05) is 5.88 Å². The lowest BCUT2D eigenvalue weighted by Gasteiger charge is -2.06. The van der Waals surface area contributed by atoms with Crippen molar-refractivity contribution >= 4 is 11.6 Å².